The normalized spacial score (nSPS) is 13.0. The van der Waals surface area contributed by atoms with E-state index in [9.17, 15) is 14.9 Å². The molecule has 12 heteroatoms. The molecule has 0 radical (unpaired) electrons. The van der Waals surface area contributed by atoms with Crippen molar-refractivity contribution in [3.8, 4) is 17.6 Å². The Bertz CT molecular complexity index is 1810. The minimum atomic E-state index is -1.66. The summed E-state index contributed by atoms with van der Waals surface area (Å²) in [5.41, 5.74) is 1.25. The van der Waals surface area contributed by atoms with E-state index >= 15 is 0 Å². The number of aromatic nitrogens is 2. The molecule has 278 valence electrons. The SMILES string of the molecule is COc1ccc(C(OCC(CCn2cc(C)c(=O)n(C)c2=O)OP(OCCC#N)N(C(C)C)C(C)C)(c2ccccc2)c2ccc(OC)cc2)cc1. The number of aryl methyl sites for hydroxylation is 2. The predicted octanol–water partition coefficient (Wildman–Crippen LogP) is 6.93. The summed E-state index contributed by atoms with van der Waals surface area (Å²) in [6.45, 7) is 10.6. The molecule has 4 rings (SSSR count). The quantitative estimate of drug-likeness (QED) is 0.0575. The molecular weight excluding hydrogens is 679 g/mol. The molecule has 1 aromatic heterocycles. The molecule has 0 N–H and O–H groups in total. The zero-order valence-electron chi connectivity index (χ0n) is 31.4. The van der Waals surface area contributed by atoms with E-state index in [4.69, 9.17) is 23.3 Å². The average Bonchev–Trinajstić information content (AvgIpc) is 3.15. The molecule has 0 saturated heterocycles. The van der Waals surface area contributed by atoms with E-state index < -0.39 is 25.9 Å². The van der Waals surface area contributed by atoms with Gasteiger partial charge in [0.05, 0.1) is 46.0 Å². The van der Waals surface area contributed by atoms with Crippen LogP contribution in [0.1, 0.15) is 62.8 Å². The van der Waals surface area contributed by atoms with Crippen LogP contribution in [0.25, 0.3) is 0 Å². The van der Waals surface area contributed by atoms with Crippen LogP contribution < -0.4 is 20.7 Å². The molecule has 52 heavy (non-hydrogen) atoms. The average molecular weight is 731 g/mol. The van der Waals surface area contributed by atoms with Gasteiger partial charge in [0, 0.05) is 37.4 Å². The standard InChI is InChI=1S/C40H51N4O7P/c1-29(2)44(30(3)4)52(50-26-12-24-41)51-37(23-25-43-27-31(5)38(45)42(6)39(43)46)28-49-40(32-13-10-9-11-14-32,33-15-19-35(47-7)20-16-33)34-17-21-36(48-8)22-18-34/h9-11,13-22,27,29-30,37H,12,23,25-26,28H2,1-8H3. The Hall–Kier alpha value is -4.30. The zero-order chi connectivity index (χ0) is 37.8. The van der Waals surface area contributed by atoms with Gasteiger partial charge in [-0.15, -0.1) is 0 Å². The second-order valence-corrected chi connectivity index (χ2v) is 14.4. The molecule has 0 spiro atoms. The van der Waals surface area contributed by atoms with Crippen LogP contribution in [0, 0.1) is 18.3 Å². The zero-order valence-corrected chi connectivity index (χ0v) is 32.3. The van der Waals surface area contributed by atoms with Crippen molar-refractivity contribution < 1.29 is 23.3 Å². The third-order valence-electron chi connectivity index (χ3n) is 8.78. The summed E-state index contributed by atoms with van der Waals surface area (Å²) in [4.78, 5) is 25.7. The van der Waals surface area contributed by atoms with Crippen molar-refractivity contribution in [2.45, 2.75) is 77.8 Å². The first kappa shape index (κ1) is 40.5. The molecular formula is C40H51N4O7P. The summed E-state index contributed by atoms with van der Waals surface area (Å²) < 4.78 is 36.3. The first-order valence-corrected chi connectivity index (χ1v) is 18.6. The second kappa shape index (κ2) is 19.0. The lowest BCUT2D eigenvalue weighted by Gasteiger charge is -2.39. The maximum absolute atomic E-state index is 13.2. The molecule has 3 aromatic carbocycles. The second-order valence-electron chi connectivity index (χ2n) is 13.0. The van der Waals surface area contributed by atoms with Crippen LogP contribution in [-0.4, -0.2) is 59.4 Å². The van der Waals surface area contributed by atoms with E-state index in [2.05, 4.69) is 38.4 Å². The van der Waals surface area contributed by atoms with Crippen molar-refractivity contribution in [3.05, 3.63) is 128 Å². The maximum atomic E-state index is 13.2. The number of rotatable bonds is 19. The Morgan fingerprint density at radius 1 is 0.846 bits per heavy atom. The summed E-state index contributed by atoms with van der Waals surface area (Å²) in [5.74, 6) is 1.42. The first-order valence-electron chi connectivity index (χ1n) is 17.5. The highest BCUT2D eigenvalue weighted by atomic mass is 31.2. The number of nitriles is 1. The molecule has 2 atom stereocenters. The Morgan fingerprint density at radius 2 is 1.38 bits per heavy atom. The van der Waals surface area contributed by atoms with Crippen LogP contribution >= 0.6 is 8.53 Å². The summed E-state index contributed by atoms with van der Waals surface area (Å²) in [6.07, 6.45) is 1.58. The lowest BCUT2D eigenvalue weighted by molar-refractivity contribution is -0.0372. The molecule has 11 nitrogen and oxygen atoms in total. The molecule has 1 heterocycles. The summed E-state index contributed by atoms with van der Waals surface area (Å²) in [6, 6.07) is 27.9. The fraction of sp³-hybridized carbons (Fsp3) is 0.425. The largest absolute Gasteiger partial charge is 0.497 e. The molecule has 0 saturated carbocycles. The van der Waals surface area contributed by atoms with Crippen molar-refractivity contribution in [2.24, 2.45) is 7.05 Å². The lowest BCUT2D eigenvalue weighted by atomic mass is 9.80. The monoisotopic (exact) mass is 730 g/mol. The number of ether oxygens (including phenoxy) is 3. The molecule has 0 aliphatic carbocycles. The fourth-order valence-corrected chi connectivity index (χ4v) is 7.94. The van der Waals surface area contributed by atoms with Crippen molar-refractivity contribution in [1.29, 1.82) is 5.26 Å². The van der Waals surface area contributed by atoms with Gasteiger partial charge in [-0.3, -0.25) is 9.36 Å². The van der Waals surface area contributed by atoms with Gasteiger partial charge in [0.25, 0.3) is 14.1 Å². The smallest absolute Gasteiger partial charge is 0.330 e. The van der Waals surface area contributed by atoms with E-state index in [1.165, 1.54) is 11.6 Å². The summed E-state index contributed by atoms with van der Waals surface area (Å²) >= 11 is 0. The van der Waals surface area contributed by atoms with Crippen LogP contribution in [0.4, 0.5) is 0 Å². The van der Waals surface area contributed by atoms with Crippen molar-refractivity contribution in [1.82, 2.24) is 13.8 Å². The van der Waals surface area contributed by atoms with E-state index in [0.717, 1.165) is 21.3 Å². The number of hydrogen-bond acceptors (Lipinski definition) is 9. The van der Waals surface area contributed by atoms with Crippen LogP contribution in [0.15, 0.2) is 94.6 Å². The highest BCUT2D eigenvalue weighted by Gasteiger charge is 2.39. The number of hydrogen-bond donors (Lipinski definition) is 0. The van der Waals surface area contributed by atoms with Gasteiger partial charge in [0.2, 0.25) is 0 Å². The van der Waals surface area contributed by atoms with Gasteiger partial charge >= 0.3 is 5.69 Å². The van der Waals surface area contributed by atoms with Crippen LogP contribution in [-0.2, 0) is 33.0 Å². The highest BCUT2D eigenvalue weighted by molar-refractivity contribution is 7.44. The van der Waals surface area contributed by atoms with Crippen LogP contribution in [0.5, 0.6) is 11.5 Å². The minimum Gasteiger partial charge on any atom is -0.497 e. The van der Waals surface area contributed by atoms with Gasteiger partial charge in [-0.2, -0.15) is 5.26 Å². The Kier molecular flexibility index (Phi) is 14.8. The Morgan fingerprint density at radius 3 is 1.88 bits per heavy atom. The molecule has 2 unspecified atom stereocenters. The molecule has 0 bridgehead atoms. The lowest BCUT2D eigenvalue weighted by Crippen LogP contribution is -2.40. The van der Waals surface area contributed by atoms with E-state index in [1.807, 2.05) is 78.9 Å². The van der Waals surface area contributed by atoms with Gasteiger partial charge < -0.3 is 27.8 Å². The number of benzene rings is 3. The van der Waals surface area contributed by atoms with Crippen molar-refractivity contribution in [3.63, 3.8) is 0 Å². The van der Waals surface area contributed by atoms with E-state index in [0.29, 0.717) is 23.5 Å². The van der Waals surface area contributed by atoms with Crippen molar-refractivity contribution >= 4 is 8.53 Å². The molecule has 0 amide bonds. The molecule has 0 aliphatic rings. The highest BCUT2D eigenvalue weighted by Crippen LogP contribution is 2.48. The molecule has 0 fully saturated rings. The third-order valence-corrected chi connectivity index (χ3v) is 11.0. The van der Waals surface area contributed by atoms with Gasteiger partial charge in [-0.1, -0.05) is 54.6 Å². The summed E-state index contributed by atoms with van der Waals surface area (Å²) in [5, 5.41) is 9.31. The van der Waals surface area contributed by atoms with E-state index in [1.54, 1.807) is 27.3 Å². The van der Waals surface area contributed by atoms with E-state index in [-0.39, 0.29) is 43.8 Å². The number of methoxy groups -OCH3 is 2. The first-order chi connectivity index (χ1) is 25.0. The predicted molar refractivity (Wildman–Crippen MR) is 204 cm³/mol. The van der Waals surface area contributed by atoms with Crippen molar-refractivity contribution in [2.75, 3.05) is 27.4 Å². The molecule has 0 aliphatic heterocycles. The molecule has 4 aromatic rings. The maximum Gasteiger partial charge on any atom is 0.330 e. The topological polar surface area (TPSA) is 117 Å². The van der Waals surface area contributed by atoms with Crippen LogP contribution in [0.2, 0.25) is 0 Å². The van der Waals surface area contributed by atoms with Gasteiger partial charge in [-0.25, -0.2) is 9.46 Å². The summed E-state index contributed by atoms with van der Waals surface area (Å²) in [7, 11) is 3.09. The number of nitrogens with zero attached hydrogens (tertiary/aromatic N) is 4. The fourth-order valence-electron chi connectivity index (χ4n) is 6.21. The van der Waals surface area contributed by atoms with Gasteiger partial charge in [0.1, 0.15) is 17.1 Å². The van der Waals surface area contributed by atoms with Gasteiger partial charge in [0.15, 0.2) is 0 Å². The third kappa shape index (κ3) is 9.57. The van der Waals surface area contributed by atoms with Crippen LogP contribution in [0.3, 0.4) is 0 Å². The Balaban J connectivity index is 1.85. The Labute approximate surface area is 308 Å². The van der Waals surface area contributed by atoms with Gasteiger partial charge in [-0.05, 0) is 82.0 Å². The minimum absolute atomic E-state index is 0.0747.